The third kappa shape index (κ3) is 3.08. The maximum Gasteiger partial charge on any atom is 0.280 e. The number of aliphatic hydroxyl groups is 1. The van der Waals surface area contributed by atoms with E-state index in [2.05, 4.69) is 27.1 Å². The lowest BCUT2D eigenvalue weighted by atomic mass is 10.2. The molecule has 1 fully saturated rings. The minimum Gasteiger partial charge on any atom is -0.394 e. The zero-order valence-corrected chi connectivity index (χ0v) is 16.2. The number of hydrogen-bond acceptors (Lipinski definition) is 9. The fourth-order valence-electron chi connectivity index (χ4n) is 3.41. The summed E-state index contributed by atoms with van der Waals surface area (Å²) in [5.74, 6) is 0.0141. The van der Waals surface area contributed by atoms with Gasteiger partial charge in [0.2, 0.25) is 5.95 Å². The molecule has 3 aromatic rings. The summed E-state index contributed by atoms with van der Waals surface area (Å²) in [6, 6.07) is 8.15. The summed E-state index contributed by atoms with van der Waals surface area (Å²) in [7, 11) is 0. The molecular formula is C17H17N5O4S2. The summed E-state index contributed by atoms with van der Waals surface area (Å²) in [6.07, 6.45) is 0.763. The number of nitrogen functional groups attached to an aromatic ring is 1. The highest BCUT2D eigenvalue weighted by molar-refractivity contribution is 8.19. The van der Waals surface area contributed by atoms with Crippen LogP contribution in [-0.2, 0) is 9.47 Å². The maximum absolute atomic E-state index is 12.0. The molecular weight excluding hydrogens is 402 g/mol. The van der Waals surface area contributed by atoms with Crippen molar-refractivity contribution in [2.75, 3.05) is 12.3 Å². The van der Waals surface area contributed by atoms with E-state index in [1.807, 2.05) is 12.1 Å². The smallest absolute Gasteiger partial charge is 0.280 e. The largest absolute Gasteiger partial charge is 0.394 e. The summed E-state index contributed by atoms with van der Waals surface area (Å²) < 4.78 is 13.8. The molecule has 1 aromatic carbocycles. The molecule has 0 aliphatic carbocycles. The van der Waals surface area contributed by atoms with Crippen LogP contribution in [0, 0.1) is 0 Å². The zero-order valence-electron chi connectivity index (χ0n) is 14.5. The first-order valence-corrected chi connectivity index (χ1v) is 10.4. The summed E-state index contributed by atoms with van der Waals surface area (Å²) in [6.45, 7) is -0.168. The number of benzene rings is 1. The van der Waals surface area contributed by atoms with Crippen LogP contribution in [0.5, 0.6) is 0 Å². The number of ether oxygens (including phenoxy) is 2. The van der Waals surface area contributed by atoms with Crippen LogP contribution in [0.3, 0.4) is 0 Å². The second-order valence-electron chi connectivity index (χ2n) is 6.47. The second kappa shape index (κ2) is 7.08. The average Bonchev–Trinajstić information content (AvgIpc) is 3.37. The van der Waals surface area contributed by atoms with Gasteiger partial charge in [-0.3, -0.25) is 14.3 Å². The van der Waals surface area contributed by atoms with Gasteiger partial charge in [-0.15, -0.1) is 0 Å². The van der Waals surface area contributed by atoms with Gasteiger partial charge in [-0.1, -0.05) is 35.7 Å². The van der Waals surface area contributed by atoms with Gasteiger partial charge in [-0.2, -0.15) is 4.98 Å². The molecule has 146 valence electrons. The van der Waals surface area contributed by atoms with Crippen molar-refractivity contribution in [3.05, 3.63) is 40.9 Å². The molecule has 0 spiro atoms. The van der Waals surface area contributed by atoms with E-state index in [1.54, 1.807) is 28.1 Å². The van der Waals surface area contributed by atoms with Crippen LogP contribution < -0.4 is 11.3 Å². The Morgan fingerprint density at radius 2 is 2.11 bits per heavy atom. The number of rotatable bonds is 4. The number of nitrogens with zero attached hydrogens (tertiary/aromatic N) is 3. The van der Waals surface area contributed by atoms with Crippen LogP contribution >= 0.6 is 23.5 Å². The van der Waals surface area contributed by atoms with Crippen LogP contribution in [0.2, 0.25) is 0 Å². The Balaban J connectivity index is 1.36. The Hall–Kier alpha value is -2.05. The van der Waals surface area contributed by atoms with E-state index in [1.165, 1.54) is 16.1 Å². The number of aliphatic hydroxyl groups excluding tert-OH is 1. The van der Waals surface area contributed by atoms with E-state index >= 15 is 0 Å². The molecule has 2 aromatic heterocycles. The molecule has 11 heteroatoms. The highest BCUT2D eigenvalue weighted by atomic mass is 32.2. The molecule has 28 heavy (non-hydrogen) atoms. The monoisotopic (exact) mass is 419 g/mol. The Kier molecular flexibility index (Phi) is 4.56. The Bertz CT molecular complexity index is 1060. The van der Waals surface area contributed by atoms with E-state index in [0.29, 0.717) is 12.1 Å². The van der Waals surface area contributed by atoms with Crippen LogP contribution in [0.4, 0.5) is 5.95 Å². The van der Waals surface area contributed by atoms with Crippen molar-refractivity contribution in [3.8, 4) is 0 Å². The number of thioether (sulfide) groups is 2. The summed E-state index contributed by atoms with van der Waals surface area (Å²) in [5, 5.41) is 9.77. The van der Waals surface area contributed by atoms with E-state index in [9.17, 15) is 9.90 Å². The first-order valence-electron chi connectivity index (χ1n) is 8.69. The molecule has 0 bridgehead atoms. The minimum atomic E-state index is -0.480. The van der Waals surface area contributed by atoms with Crippen molar-refractivity contribution in [2.45, 2.75) is 39.4 Å². The first-order chi connectivity index (χ1) is 13.6. The fraction of sp³-hybridized carbons (Fsp3) is 0.353. The number of nitrogens with one attached hydrogen (secondary N) is 1. The zero-order chi connectivity index (χ0) is 19.3. The van der Waals surface area contributed by atoms with Crippen LogP contribution in [0.15, 0.2) is 45.2 Å². The molecule has 9 nitrogen and oxygen atoms in total. The predicted molar refractivity (Wildman–Crippen MR) is 105 cm³/mol. The average molecular weight is 419 g/mol. The van der Waals surface area contributed by atoms with Crippen molar-refractivity contribution in [3.63, 3.8) is 0 Å². The molecule has 1 saturated heterocycles. The molecule has 4 heterocycles. The maximum atomic E-state index is 12.0. The van der Waals surface area contributed by atoms with Gasteiger partial charge in [-0.25, -0.2) is 4.98 Å². The number of aromatic amines is 1. The Morgan fingerprint density at radius 3 is 2.82 bits per heavy atom. The van der Waals surface area contributed by atoms with E-state index in [0.717, 1.165) is 0 Å². The molecule has 4 N–H and O–H groups in total. The highest BCUT2D eigenvalue weighted by Crippen LogP contribution is 2.49. The van der Waals surface area contributed by atoms with Gasteiger partial charge < -0.3 is 20.3 Å². The number of H-pyrrole nitrogens is 1. The minimum absolute atomic E-state index is 0.0141. The van der Waals surface area contributed by atoms with Gasteiger partial charge in [0.1, 0.15) is 12.3 Å². The lowest BCUT2D eigenvalue weighted by Crippen LogP contribution is -2.29. The van der Waals surface area contributed by atoms with Crippen LogP contribution in [0.25, 0.3) is 11.2 Å². The number of hydrogen-bond donors (Lipinski definition) is 3. The van der Waals surface area contributed by atoms with Crippen molar-refractivity contribution in [1.82, 2.24) is 19.5 Å². The van der Waals surface area contributed by atoms with E-state index < -0.39 is 17.9 Å². The van der Waals surface area contributed by atoms with Gasteiger partial charge in [0, 0.05) is 16.2 Å². The molecule has 5 rings (SSSR count). The quantitative estimate of drug-likeness (QED) is 0.577. The molecule has 2 aliphatic heterocycles. The summed E-state index contributed by atoms with van der Waals surface area (Å²) in [5.41, 5.74) is 5.81. The Morgan fingerprint density at radius 1 is 1.36 bits per heavy atom. The lowest BCUT2D eigenvalue weighted by molar-refractivity contribution is -0.0562. The van der Waals surface area contributed by atoms with Gasteiger partial charge in [0.05, 0.1) is 19.0 Å². The SMILES string of the molecule is Nc1nc2c(ncn2[C@H]2C[C@H](OC3Sc4ccccc4S3)[C@@H](CO)O2)c(=O)[nH]1. The van der Waals surface area contributed by atoms with Gasteiger partial charge in [0.15, 0.2) is 15.9 Å². The second-order valence-corrected chi connectivity index (χ2v) is 8.97. The van der Waals surface area contributed by atoms with Crippen molar-refractivity contribution >= 4 is 40.6 Å². The van der Waals surface area contributed by atoms with Crippen LogP contribution in [-0.4, -0.2) is 48.2 Å². The third-order valence-electron chi connectivity index (χ3n) is 4.70. The molecule has 0 amide bonds. The summed E-state index contributed by atoms with van der Waals surface area (Å²) >= 11 is 3.30. The lowest BCUT2D eigenvalue weighted by Gasteiger charge is -2.19. The molecule has 2 aliphatic rings. The van der Waals surface area contributed by atoms with Gasteiger partial charge >= 0.3 is 0 Å². The van der Waals surface area contributed by atoms with E-state index in [4.69, 9.17) is 15.2 Å². The van der Waals surface area contributed by atoms with Crippen molar-refractivity contribution in [2.24, 2.45) is 0 Å². The number of nitrogens with two attached hydrogens (primary N) is 1. The summed E-state index contributed by atoms with van der Waals surface area (Å²) in [4.78, 5) is 25.1. The van der Waals surface area contributed by atoms with Gasteiger partial charge in [-0.05, 0) is 12.1 Å². The number of fused-ring (bicyclic) bond motifs is 2. The number of imidazole rings is 1. The molecule has 0 saturated carbocycles. The molecule has 0 unspecified atom stereocenters. The van der Waals surface area contributed by atoms with Crippen molar-refractivity contribution in [1.29, 1.82) is 0 Å². The Labute approximate surface area is 167 Å². The number of aromatic nitrogens is 4. The predicted octanol–water partition coefficient (Wildman–Crippen LogP) is 1.55. The topological polar surface area (TPSA) is 128 Å². The standard InChI is InChI=1S/C17H17N5O4S2/c18-16-20-14-13(15(24)21-16)19-7-22(14)12-5-8(9(6-23)25-12)26-17-27-10-3-1-2-4-11(10)28-17/h1-4,7-9,12,17,23H,5-6H2,(H3,18,20,21,24)/t8-,9+,12+/m0/s1. The fourth-order valence-corrected chi connectivity index (χ4v) is 6.00. The molecule has 3 atom stereocenters. The van der Waals surface area contributed by atoms with Crippen molar-refractivity contribution < 1.29 is 14.6 Å². The van der Waals surface area contributed by atoms with Gasteiger partial charge in [0.25, 0.3) is 5.56 Å². The highest BCUT2D eigenvalue weighted by Gasteiger charge is 2.40. The molecule has 0 radical (unpaired) electrons. The normalized spacial score (nSPS) is 24.8. The number of anilines is 1. The third-order valence-corrected chi connectivity index (χ3v) is 7.24. The van der Waals surface area contributed by atoms with Crippen LogP contribution in [0.1, 0.15) is 12.6 Å². The first kappa shape index (κ1) is 18.0. The van der Waals surface area contributed by atoms with E-state index in [-0.39, 0.29) is 28.9 Å².